The van der Waals surface area contributed by atoms with Gasteiger partial charge >= 0.3 is 6.18 Å². The first-order valence-electron chi connectivity index (χ1n) is 5.72. The molecular formula is C11H19F3N2O. The van der Waals surface area contributed by atoms with Crippen molar-refractivity contribution in [1.82, 2.24) is 10.6 Å². The number of hydrogen-bond acceptors (Lipinski definition) is 2. The van der Waals surface area contributed by atoms with Crippen molar-refractivity contribution in [1.29, 1.82) is 0 Å². The molecule has 2 N–H and O–H groups in total. The normalized spacial score (nSPS) is 26.7. The van der Waals surface area contributed by atoms with Crippen molar-refractivity contribution in [2.75, 3.05) is 6.54 Å². The monoisotopic (exact) mass is 252 g/mol. The lowest BCUT2D eigenvalue weighted by molar-refractivity contribution is -0.161. The summed E-state index contributed by atoms with van der Waals surface area (Å²) < 4.78 is 37.1. The van der Waals surface area contributed by atoms with Crippen molar-refractivity contribution in [3.63, 3.8) is 0 Å². The zero-order valence-electron chi connectivity index (χ0n) is 10.3. The number of rotatable bonds is 1. The minimum absolute atomic E-state index is 0.0125. The van der Waals surface area contributed by atoms with Gasteiger partial charge in [0.1, 0.15) is 6.04 Å². The highest BCUT2D eigenvalue weighted by atomic mass is 19.4. The van der Waals surface area contributed by atoms with E-state index in [4.69, 9.17) is 0 Å². The summed E-state index contributed by atoms with van der Waals surface area (Å²) in [5.41, 5.74) is -0.513. The Morgan fingerprint density at radius 3 is 2.18 bits per heavy atom. The fourth-order valence-corrected chi connectivity index (χ4v) is 1.66. The quantitative estimate of drug-likeness (QED) is 0.747. The van der Waals surface area contributed by atoms with E-state index in [9.17, 15) is 18.0 Å². The molecule has 1 saturated heterocycles. The van der Waals surface area contributed by atoms with E-state index in [1.165, 1.54) is 0 Å². The number of amides is 1. The van der Waals surface area contributed by atoms with Crippen LogP contribution in [0.4, 0.5) is 13.2 Å². The molecule has 0 aliphatic carbocycles. The van der Waals surface area contributed by atoms with Crippen LogP contribution < -0.4 is 10.6 Å². The Kier molecular flexibility index (Phi) is 4.06. The predicted octanol–water partition coefficient (Wildman–Crippen LogP) is 1.83. The van der Waals surface area contributed by atoms with Gasteiger partial charge in [-0.3, -0.25) is 4.79 Å². The van der Waals surface area contributed by atoms with Gasteiger partial charge in [-0.2, -0.15) is 13.2 Å². The van der Waals surface area contributed by atoms with Crippen LogP contribution in [0.1, 0.15) is 33.6 Å². The lowest BCUT2D eigenvalue weighted by Crippen LogP contribution is -2.55. The van der Waals surface area contributed by atoms with Gasteiger partial charge < -0.3 is 10.6 Å². The van der Waals surface area contributed by atoms with Gasteiger partial charge in [-0.05, 0) is 12.8 Å². The van der Waals surface area contributed by atoms with Gasteiger partial charge in [0.2, 0.25) is 5.91 Å². The minimum atomic E-state index is -4.20. The van der Waals surface area contributed by atoms with Crippen molar-refractivity contribution < 1.29 is 18.0 Å². The number of hydrogen-bond donors (Lipinski definition) is 2. The van der Waals surface area contributed by atoms with Crippen molar-refractivity contribution >= 4 is 5.91 Å². The average Bonchev–Trinajstić information content (AvgIpc) is 2.15. The van der Waals surface area contributed by atoms with Gasteiger partial charge in [-0.1, -0.05) is 20.8 Å². The van der Waals surface area contributed by atoms with E-state index in [1.54, 1.807) is 20.8 Å². The summed E-state index contributed by atoms with van der Waals surface area (Å²) in [6.45, 7) is 5.50. The van der Waals surface area contributed by atoms with E-state index in [0.29, 0.717) is 6.42 Å². The molecule has 6 heteroatoms. The Hall–Kier alpha value is -0.780. The molecule has 3 nitrogen and oxygen atoms in total. The smallest absolute Gasteiger partial charge is 0.352 e. The molecule has 1 aliphatic heterocycles. The van der Waals surface area contributed by atoms with Crippen LogP contribution in [0.15, 0.2) is 0 Å². The van der Waals surface area contributed by atoms with E-state index < -0.39 is 17.6 Å². The Morgan fingerprint density at radius 1 is 1.24 bits per heavy atom. The summed E-state index contributed by atoms with van der Waals surface area (Å²) in [6.07, 6.45) is -3.82. The standard InChI is InChI=1S/C11H19F3N2O/c1-10(2,3)9(17)16-7-4-5-8(15-6-7)11(12,13)14/h7-8,15H,4-6H2,1-3H3,(H,16,17). The molecular weight excluding hydrogens is 233 g/mol. The molecule has 0 bridgehead atoms. The highest BCUT2D eigenvalue weighted by molar-refractivity contribution is 5.81. The number of carbonyl (C=O) groups is 1. The van der Waals surface area contributed by atoms with Crippen LogP contribution in [0.2, 0.25) is 0 Å². The van der Waals surface area contributed by atoms with Crippen molar-refractivity contribution in [3.8, 4) is 0 Å². The van der Waals surface area contributed by atoms with Gasteiger partial charge in [-0.25, -0.2) is 0 Å². The molecule has 100 valence electrons. The highest BCUT2D eigenvalue weighted by Crippen LogP contribution is 2.26. The summed E-state index contributed by atoms with van der Waals surface area (Å²) in [7, 11) is 0. The van der Waals surface area contributed by atoms with Crippen LogP contribution in [0, 0.1) is 5.41 Å². The van der Waals surface area contributed by atoms with E-state index in [2.05, 4.69) is 10.6 Å². The van der Waals surface area contributed by atoms with Gasteiger partial charge in [0, 0.05) is 18.0 Å². The Morgan fingerprint density at radius 2 is 1.82 bits per heavy atom. The molecule has 1 aliphatic rings. The highest BCUT2D eigenvalue weighted by Gasteiger charge is 2.41. The summed E-state index contributed by atoms with van der Waals surface area (Å²) in [4.78, 5) is 11.7. The maximum atomic E-state index is 12.4. The molecule has 17 heavy (non-hydrogen) atoms. The number of carbonyl (C=O) groups excluding carboxylic acids is 1. The van der Waals surface area contributed by atoms with Gasteiger partial charge in [0.15, 0.2) is 0 Å². The molecule has 1 heterocycles. The van der Waals surface area contributed by atoms with Crippen LogP contribution in [-0.4, -0.2) is 30.7 Å². The summed E-state index contributed by atoms with van der Waals surface area (Å²) in [6, 6.07) is -1.65. The second-order valence-corrected chi connectivity index (χ2v) is 5.50. The number of piperidine rings is 1. The number of nitrogens with one attached hydrogen (secondary N) is 2. The van der Waals surface area contributed by atoms with E-state index in [0.717, 1.165) is 0 Å². The first-order valence-corrected chi connectivity index (χ1v) is 5.72. The molecule has 1 rings (SSSR count). The maximum absolute atomic E-state index is 12.4. The fourth-order valence-electron chi connectivity index (χ4n) is 1.66. The average molecular weight is 252 g/mol. The Balaban J connectivity index is 2.41. The van der Waals surface area contributed by atoms with Crippen molar-refractivity contribution in [2.45, 2.75) is 51.9 Å². The van der Waals surface area contributed by atoms with Crippen LogP contribution in [0.5, 0.6) is 0 Å². The van der Waals surface area contributed by atoms with Crippen molar-refractivity contribution in [3.05, 3.63) is 0 Å². The third kappa shape index (κ3) is 4.18. The molecule has 2 atom stereocenters. The van der Waals surface area contributed by atoms with Crippen LogP contribution in [0.25, 0.3) is 0 Å². The van der Waals surface area contributed by atoms with E-state index >= 15 is 0 Å². The third-order valence-electron chi connectivity index (χ3n) is 2.83. The largest absolute Gasteiger partial charge is 0.403 e. The first-order chi connectivity index (χ1) is 7.60. The van der Waals surface area contributed by atoms with Crippen LogP contribution in [-0.2, 0) is 4.79 Å². The third-order valence-corrected chi connectivity index (χ3v) is 2.83. The predicted molar refractivity (Wildman–Crippen MR) is 58.5 cm³/mol. The lowest BCUT2D eigenvalue weighted by Gasteiger charge is -2.33. The van der Waals surface area contributed by atoms with E-state index in [1.807, 2.05) is 0 Å². The summed E-state index contributed by atoms with van der Waals surface area (Å²) >= 11 is 0. The summed E-state index contributed by atoms with van der Waals surface area (Å²) in [5, 5.41) is 5.19. The van der Waals surface area contributed by atoms with E-state index in [-0.39, 0.29) is 24.9 Å². The topological polar surface area (TPSA) is 41.1 Å². The molecule has 0 saturated carbocycles. The molecule has 0 spiro atoms. The Labute approximate surface area is 99.1 Å². The number of alkyl halides is 3. The van der Waals surface area contributed by atoms with Crippen LogP contribution in [0.3, 0.4) is 0 Å². The number of halogens is 3. The Bertz CT molecular complexity index is 275. The maximum Gasteiger partial charge on any atom is 0.403 e. The van der Waals surface area contributed by atoms with Gasteiger partial charge in [0.05, 0.1) is 0 Å². The second-order valence-electron chi connectivity index (χ2n) is 5.50. The van der Waals surface area contributed by atoms with Crippen LogP contribution >= 0.6 is 0 Å². The minimum Gasteiger partial charge on any atom is -0.352 e. The fraction of sp³-hybridized carbons (Fsp3) is 0.909. The van der Waals surface area contributed by atoms with Gasteiger partial charge in [0.25, 0.3) is 0 Å². The first kappa shape index (κ1) is 14.3. The van der Waals surface area contributed by atoms with Gasteiger partial charge in [-0.15, -0.1) is 0 Å². The lowest BCUT2D eigenvalue weighted by atomic mass is 9.93. The SMILES string of the molecule is CC(C)(C)C(=O)NC1CCC(C(F)(F)F)NC1. The molecule has 0 aromatic carbocycles. The molecule has 0 aromatic heterocycles. The zero-order chi connectivity index (χ0) is 13.3. The molecule has 1 fully saturated rings. The molecule has 0 aromatic rings. The zero-order valence-corrected chi connectivity index (χ0v) is 10.3. The molecule has 1 amide bonds. The van der Waals surface area contributed by atoms with Crippen molar-refractivity contribution in [2.24, 2.45) is 5.41 Å². The molecule has 2 unspecified atom stereocenters. The summed E-state index contributed by atoms with van der Waals surface area (Å²) in [5.74, 6) is -0.130. The molecule has 0 radical (unpaired) electrons. The second kappa shape index (κ2) is 4.84.